The van der Waals surface area contributed by atoms with Crippen molar-refractivity contribution in [2.45, 2.75) is 75.1 Å². The lowest BCUT2D eigenvalue weighted by molar-refractivity contribution is -0.369. The van der Waals surface area contributed by atoms with Gasteiger partial charge >= 0.3 is 12.4 Å². The van der Waals surface area contributed by atoms with Gasteiger partial charge in [-0.25, -0.2) is 0 Å². The average Bonchev–Trinajstić information content (AvgIpc) is 2.24. The molecule has 1 atom stereocenters. The Morgan fingerprint density at radius 1 is 1.00 bits per heavy atom. The Labute approximate surface area is 124 Å². The van der Waals surface area contributed by atoms with Crippen LogP contribution in [0.5, 0.6) is 0 Å². The highest BCUT2D eigenvalue weighted by Crippen LogP contribution is 2.46. The third kappa shape index (κ3) is 5.59. The summed E-state index contributed by atoms with van der Waals surface area (Å²) in [4.78, 5) is 0. The second-order valence-electron chi connectivity index (χ2n) is 6.47. The molecule has 0 spiro atoms. The maximum absolute atomic E-state index is 12.6. The van der Waals surface area contributed by atoms with Crippen LogP contribution in [0.15, 0.2) is 0 Å². The first-order valence-corrected chi connectivity index (χ1v) is 13.3. The number of hydrogen-bond donors (Lipinski definition) is 1. The van der Waals surface area contributed by atoms with Gasteiger partial charge in [0, 0.05) is 16.9 Å². The van der Waals surface area contributed by atoms with Crippen LogP contribution in [-0.4, -0.2) is 39.9 Å². The Hall–Kier alpha value is -0.0262. The molecule has 0 amide bonds. The van der Waals surface area contributed by atoms with Gasteiger partial charge in [-0.3, -0.25) is 0 Å². The third-order valence-electron chi connectivity index (χ3n) is 4.01. The molecule has 0 aliphatic carbocycles. The highest BCUT2D eigenvalue weighted by Gasteiger charge is 2.69. The van der Waals surface area contributed by atoms with E-state index in [1.165, 1.54) is 0 Å². The minimum Gasteiger partial charge on any atom is -0.374 e. The van der Waals surface area contributed by atoms with Gasteiger partial charge in [-0.2, -0.15) is 26.3 Å². The number of hydrogen-bond acceptors (Lipinski definition) is 1. The van der Waals surface area contributed by atoms with E-state index in [2.05, 4.69) is 13.1 Å². The zero-order valence-corrected chi connectivity index (χ0v) is 15.0. The molecule has 0 bridgehead atoms. The first kappa shape index (κ1) is 21.0. The van der Waals surface area contributed by atoms with Crippen molar-refractivity contribution in [1.29, 1.82) is 0 Å². The first-order valence-electron chi connectivity index (χ1n) is 7.04. The summed E-state index contributed by atoms with van der Waals surface area (Å²) in [5.74, 6) is 0. The van der Waals surface area contributed by atoms with E-state index < -0.39 is 41.2 Å². The van der Waals surface area contributed by atoms with Crippen LogP contribution in [0.3, 0.4) is 0 Å². The molecule has 0 saturated carbocycles. The van der Waals surface area contributed by atoms with Gasteiger partial charge in [-0.15, -0.1) is 0 Å². The minimum atomic E-state index is -5.69. The zero-order valence-electron chi connectivity index (χ0n) is 12.8. The van der Waals surface area contributed by atoms with Gasteiger partial charge in [0.05, 0.1) is 0 Å². The van der Waals surface area contributed by atoms with E-state index in [9.17, 15) is 26.3 Å². The summed E-state index contributed by atoms with van der Waals surface area (Å²) in [6, 6.07) is 1.23. The van der Waals surface area contributed by atoms with Crippen LogP contribution in [0.1, 0.15) is 19.8 Å². The van der Waals surface area contributed by atoms with Crippen molar-refractivity contribution >= 4 is 16.9 Å². The molecule has 0 fully saturated rings. The highest BCUT2D eigenvalue weighted by molar-refractivity contribution is 6.88. The minimum absolute atomic E-state index is 0.243. The van der Waals surface area contributed by atoms with E-state index in [1.54, 1.807) is 0 Å². The fourth-order valence-electron chi connectivity index (χ4n) is 2.62. The highest BCUT2D eigenvalue weighted by atomic mass is 28.4. The standard InChI is InChI=1S/C12H24F6OSi2/c1-5-21(4,9-20(2)3)8-6-7-10(19,11(13,14)15)12(16,17)18/h19-20H,5-9H2,1-4H3. The van der Waals surface area contributed by atoms with Crippen LogP contribution < -0.4 is 0 Å². The molecule has 0 aromatic carbocycles. The summed E-state index contributed by atoms with van der Waals surface area (Å²) in [7, 11) is -2.70. The van der Waals surface area contributed by atoms with Crippen LogP contribution in [0.4, 0.5) is 26.3 Å². The number of aliphatic hydroxyl groups is 1. The Bertz CT molecular complexity index is 315. The summed E-state index contributed by atoms with van der Waals surface area (Å²) in [6.45, 7) is 8.23. The molecule has 0 aromatic rings. The molecule has 0 saturated heterocycles. The molecule has 9 heteroatoms. The Kier molecular flexibility index (Phi) is 7.02. The van der Waals surface area contributed by atoms with Crippen molar-refractivity contribution in [3.8, 4) is 0 Å². The average molecular weight is 354 g/mol. The fourth-order valence-corrected chi connectivity index (χ4v) is 13.9. The summed E-state index contributed by atoms with van der Waals surface area (Å²) in [6.07, 6.45) is -12.9. The second kappa shape index (κ2) is 7.03. The topological polar surface area (TPSA) is 20.2 Å². The molecule has 1 N–H and O–H groups in total. The lowest BCUT2D eigenvalue weighted by Crippen LogP contribution is -2.56. The van der Waals surface area contributed by atoms with Gasteiger partial charge < -0.3 is 5.11 Å². The van der Waals surface area contributed by atoms with Crippen molar-refractivity contribution in [3.05, 3.63) is 0 Å². The molecule has 128 valence electrons. The molecule has 0 aliphatic rings. The maximum atomic E-state index is 12.6. The molecule has 21 heavy (non-hydrogen) atoms. The molecule has 0 heterocycles. The van der Waals surface area contributed by atoms with Crippen LogP contribution in [0, 0.1) is 0 Å². The van der Waals surface area contributed by atoms with Gasteiger partial charge in [-0.1, -0.05) is 50.7 Å². The molecule has 1 nitrogen and oxygen atoms in total. The number of halogens is 6. The predicted octanol–water partition coefficient (Wildman–Crippen LogP) is 4.75. The lowest BCUT2D eigenvalue weighted by atomic mass is 9.97. The molecule has 1 unspecified atom stereocenters. The van der Waals surface area contributed by atoms with Gasteiger partial charge in [0.2, 0.25) is 0 Å². The molecular weight excluding hydrogens is 330 g/mol. The van der Waals surface area contributed by atoms with E-state index in [-0.39, 0.29) is 6.42 Å². The van der Waals surface area contributed by atoms with Crippen LogP contribution >= 0.6 is 0 Å². The van der Waals surface area contributed by atoms with Gasteiger partial charge in [0.15, 0.2) is 0 Å². The molecular formula is C12H24F6OSi2. The third-order valence-corrected chi connectivity index (χ3v) is 14.5. The maximum Gasteiger partial charge on any atom is 0.426 e. The van der Waals surface area contributed by atoms with Crippen LogP contribution in [0.25, 0.3) is 0 Å². The quantitative estimate of drug-likeness (QED) is 0.517. The van der Waals surface area contributed by atoms with E-state index in [0.717, 1.165) is 11.7 Å². The molecule has 0 aromatic heterocycles. The lowest BCUT2D eigenvalue weighted by Gasteiger charge is -2.34. The van der Waals surface area contributed by atoms with E-state index >= 15 is 0 Å². The predicted molar refractivity (Wildman–Crippen MR) is 76.9 cm³/mol. The summed E-state index contributed by atoms with van der Waals surface area (Å²) in [5, 5.41) is 9.11. The van der Waals surface area contributed by atoms with Crippen molar-refractivity contribution in [3.63, 3.8) is 0 Å². The number of alkyl halides is 6. The Morgan fingerprint density at radius 3 is 1.71 bits per heavy atom. The smallest absolute Gasteiger partial charge is 0.374 e. The van der Waals surface area contributed by atoms with Crippen molar-refractivity contribution in [1.82, 2.24) is 0 Å². The molecule has 0 aliphatic heterocycles. The number of rotatable bonds is 7. The van der Waals surface area contributed by atoms with Gasteiger partial charge in [0.1, 0.15) is 0 Å². The molecule has 0 radical (unpaired) electrons. The Morgan fingerprint density at radius 2 is 1.43 bits per heavy atom. The summed E-state index contributed by atoms with van der Waals surface area (Å²) >= 11 is 0. The largest absolute Gasteiger partial charge is 0.426 e. The molecule has 0 rings (SSSR count). The summed E-state index contributed by atoms with van der Waals surface area (Å²) < 4.78 is 75.4. The van der Waals surface area contributed by atoms with Crippen LogP contribution in [-0.2, 0) is 0 Å². The summed E-state index contributed by atoms with van der Waals surface area (Å²) in [5.41, 5.74) is -3.59. The monoisotopic (exact) mass is 354 g/mol. The first-order chi connectivity index (χ1) is 9.18. The van der Waals surface area contributed by atoms with E-state index in [4.69, 9.17) is 5.11 Å². The van der Waals surface area contributed by atoms with Gasteiger partial charge in [-0.05, 0) is 6.42 Å². The van der Waals surface area contributed by atoms with Crippen molar-refractivity contribution < 1.29 is 31.4 Å². The van der Waals surface area contributed by atoms with Gasteiger partial charge in [0.25, 0.3) is 5.60 Å². The Balaban J connectivity index is 4.88. The van der Waals surface area contributed by atoms with Crippen LogP contribution in [0.2, 0.25) is 37.4 Å². The normalized spacial score (nSPS) is 17.1. The van der Waals surface area contributed by atoms with Crippen molar-refractivity contribution in [2.24, 2.45) is 0 Å². The fraction of sp³-hybridized carbons (Fsp3) is 1.00. The zero-order chi connectivity index (χ0) is 17.1. The van der Waals surface area contributed by atoms with Crippen molar-refractivity contribution in [2.75, 3.05) is 0 Å². The van der Waals surface area contributed by atoms with E-state index in [1.807, 2.05) is 13.5 Å². The van der Waals surface area contributed by atoms with E-state index in [0.29, 0.717) is 6.04 Å². The second-order valence-corrected chi connectivity index (χ2v) is 15.7. The SMILES string of the molecule is CC[Si](C)(CCCC(O)(C(F)(F)F)C(F)(F)F)C[SiH](C)C.